The monoisotopic (exact) mass is 425 g/mol. The molecule has 1 saturated heterocycles. The van der Waals surface area contributed by atoms with Crippen LogP contribution in [-0.4, -0.2) is 30.3 Å². The van der Waals surface area contributed by atoms with Gasteiger partial charge in [-0.3, -0.25) is 14.4 Å². The van der Waals surface area contributed by atoms with Gasteiger partial charge in [-0.05, 0) is 49.2 Å². The minimum Gasteiger partial charge on any atom is -0.349 e. The smallest absolute Gasteiger partial charge is 0.253 e. The molecule has 2 aromatic carbocycles. The van der Waals surface area contributed by atoms with Crippen LogP contribution in [0.25, 0.3) is 0 Å². The second-order valence-corrected chi connectivity index (χ2v) is 8.31. The molecule has 1 heterocycles. The minimum absolute atomic E-state index is 0.107. The summed E-state index contributed by atoms with van der Waals surface area (Å²) in [5.74, 6) is -1.03. The van der Waals surface area contributed by atoms with Gasteiger partial charge < -0.3 is 15.5 Å². The molecule has 0 spiro atoms. The van der Waals surface area contributed by atoms with Crippen molar-refractivity contribution in [1.82, 2.24) is 5.32 Å². The van der Waals surface area contributed by atoms with Crippen molar-refractivity contribution in [2.24, 2.45) is 5.92 Å². The average molecular weight is 426 g/mol. The zero-order valence-electron chi connectivity index (χ0n) is 16.6. The quantitative estimate of drug-likeness (QED) is 0.759. The first-order valence-corrected chi connectivity index (χ1v) is 10.7. The summed E-state index contributed by atoms with van der Waals surface area (Å²) in [4.78, 5) is 39.6. The summed E-state index contributed by atoms with van der Waals surface area (Å²) in [6.07, 6.45) is 4.37. The Hall–Kier alpha value is -2.86. The highest BCUT2D eigenvalue weighted by Crippen LogP contribution is 2.28. The molecule has 1 aliphatic heterocycles. The fourth-order valence-corrected chi connectivity index (χ4v) is 4.24. The second-order valence-electron chi connectivity index (χ2n) is 7.87. The van der Waals surface area contributed by atoms with E-state index in [0.717, 1.165) is 31.4 Å². The van der Waals surface area contributed by atoms with Crippen molar-refractivity contribution in [2.45, 2.75) is 38.1 Å². The van der Waals surface area contributed by atoms with E-state index in [0.29, 0.717) is 22.8 Å². The van der Waals surface area contributed by atoms with Crippen molar-refractivity contribution in [3.63, 3.8) is 0 Å². The van der Waals surface area contributed by atoms with E-state index in [1.807, 2.05) is 0 Å². The van der Waals surface area contributed by atoms with E-state index in [4.69, 9.17) is 11.6 Å². The van der Waals surface area contributed by atoms with Gasteiger partial charge in [0.15, 0.2) is 0 Å². The lowest BCUT2D eigenvalue weighted by Crippen LogP contribution is -2.34. The van der Waals surface area contributed by atoms with Gasteiger partial charge in [0.05, 0.1) is 17.2 Å². The van der Waals surface area contributed by atoms with Crippen LogP contribution < -0.4 is 15.5 Å². The number of carbonyl (C=O) groups is 3. The summed E-state index contributed by atoms with van der Waals surface area (Å²) in [6, 6.07) is 14.2. The van der Waals surface area contributed by atoms with Crippen molar-refractivity contribution in [1.29, 1.82) is 0 Å². The first kappa shape index (κ1) is 20.4. The molecule has 0 aromatic heterocycles. The lowest BCUT2D eigenvalue weighted by atomic mass is 10.1. The number of para-hydroxylation sites is 1. The van der Waals surface area contributed by atoms with Crippen LogP contribution in [0.5, 0.6) is 0 Å². The van der Waals surface area contributed by atoms with Crippen molar-refractivity contribution in [2.75, 3.05) is 16.8 Å². The highest BCUT2D eigenvalue weighted by atomic mass is 35.5. The molecule has 2 aromatic rings. The topological polar surface area (TPSA) is 78.5 Å². The molecule has 156 valence electrons. The molecule has 30 heavy (non-hydrogen) atoms. The Morgan fingerprint density at radius 2 is 1.70 bits per heavy atom. The maximum absolute atomic E-state index is 12.9. The van der Waals surface area contributed by atoms with E-state index in [9.17, 15) is 14.4 Å². The van der Waals surface area contributed by atoms with Crippen LogP contribution in [0.3, 0.4) is 0 Å². The van der Waals surface area contributed by atoms with Crippen LogP contribution in [0.4, 0.5) is 11.4 Å². The molecule has 2 aliphatic rings. The van der Waals surface area contributed by atoms with Crippen molar-refractivity contribution in [3.05, 3.63) is 59.1 Å². The van der Waals surface area contributed by atoms with Gasteiger partial charge in [0.1, 0.15) is 0 Å². The fourth-order valence-electron chi connectivity index (χ4n) is 4.11. The van der Waals surface area contributed by atoms with Gasteiger partial charge in [-0.1, -0.05) is 36.6 Å². The van der Waals surface area contributed by atoms with Crippen LogP contribution in [0.2, 0.25) is 5.02 Å². The molecule has 4 rings (SSSR count). The number of carbonyl (C=O) groups excluding carboxylic acids is 3. The molecule has 0 radical (unpaired) electrons. The number of hydrogen-bond donors (Lipinski definition) is 2. The molecule has 2 N–H and O–H groups in total. The molecule has 1 saturated carbocycles. The Bertz CT molecular complexity index is 954. The van der Waals surface area contributed by atoms with Gasteiger partial charge in [-0.2, -0.15) is 0 Å². The maximum Gasteiger partial charge on any atom is 0.253 e. The number of nitrogens with zero attached hydrogens (tertiary/aromatic N) is 1. The molecule has 2 fully saturated rings. The molecule has 0 unspecified atom stereocenters. The zero-order chi connectivity index (χ0) is 21.1. The number of anilines is 2. The summed E-state index contributed by atoms with van der Waals surface area (Å²) in [5, 5.41) is 6.51. The third kappa shape index (κ3) is 4.49. The Morgan fingerprint density at radius 1 is 1.00 bits per heavy atom. The first-order valence-electron chi connectivity index (χ1n) is 10.3. The van der Waals surface area contributed by atoms with Crippen LogP contribution in [0.1, 0.15) is 42.5 Å². The van der Waals surface area contributed by atoms with Crippen molar-refractivity contribution >= 4 is 40.7 Å². The second kappa shape index (κ2) is 8.88. The van der Waals surface area contributed by atoms with E-state index in [1.165, 1.54) is 0 Å². The number of halogens is 1. The normalized spacial score (nSPS) is 19.2. The van der Waals surface area contributed by atoms with Gasteiger partial charge in [0, 0.05) is 29.7 Å². The van der Waals surface area contributed by atoms with Crippen molar-refractivity contribution < 1.29 is 14.4 Å². The molecule has 3 amide bonds. The number of benzene rings is 2. The van der Waals surface area contributed by atoms with E-state index >= 15 is 0 Å². The Balaban J connectivity index is 1.43. The van der Waals surface area contributed by atoms with Gasteiger partial charge in [0.2, 0.25) is 11.8 Å². The summed E-state index contributed by atoms with van der Waals surface area (Å²) in [6.45, 7) is 0.294. The van der Waals surface area contributed by atoms with Crippen LogP contribution in [-0.2, 0) is 9.59 Å². The predicted molar refractivity (Wildman–Crippen MR) is 117 cm³/mol. The molecular formula is C23H24ClN3O3. The summed E-state index contributed by atoms with van der Waals surface area (Å²) in [5.41, 5.74) is 1.63. The van der Waals surface area contributed by atoms with Crippen LogP contribution in [0, 0.1) is 5.92 Å². The number of rotatable bonds is 5. The SMILES string of the molecule is O=C(NC1CCCC1)c1ccccc1NC(=O)[C@H]1CC(=O)N(c2ccc(Cl)cc2)C1. The van der Waals surface area contributed by atoms with Crippen molar-refractivity contribution in [3.8, 4) is 0 Å². The summed E-state index contributed by atoms with van der Waals surface area (Å²) in [7, 11) is 0. The van der Waals surface area contributed by atoms with Crippen LogP contribution >= 0.6 is 11.6 Å². The maximum atomic E-state index is 12.9. The number of amides is 3. The van der Waals surface area contributed by atoms with Gasteiger partial charge >= 0.3 is 0 Å². The van der Waals surface area contributed by atoms with Gasteiger partial charge in [-0.25, -0.2) is 0 Å². The average Bonchev–Trinajstić information content (AvgIpc) is 3.38. The molecule has 1 atom stereocenters. The first-order chi connectivity index (χ1) is 14.5. The Kier molecular flexibility index (Phi) is 6.04. The zero-order valence-corrected chi connectivity index (χ0v) is 17.3. The van der Waals surface area contributed by atoms with Crippen LogP contribution in [0.15, 0.2) is 48.5 Å². The van der Waals surface area contributed by atoms with E-state index < -0.39 is 5.92 Å². The Labute approximate surface area is 180 Å². The third-order valence-corrected chi connectivity index (χ3v) is 6.01. The standard InChI is InChI=1S/C23H24ClN3O3/c24-16-9-11-18(12-10-16)27-14-15(13-21(27)28)22(29)26-20-8-4-3-7-19(20)23(30)25-17-5-1-2-6-17/h3-4,7-12,15,17H,1-2,5-6,13-14H2,(H,25,30)(H,26,29)/t15-/m0/s1. The molecular weight excluding hydrogens is 402 g/mol. The van der Waals surface area contributed by atoms with Gasteiger partial charge in [-0.15, -0.1) is 0 Å². The highest BCUT2D eigenvalue weighted by molar-refractivity contribution is 6.30. The number of nitrogens with one attached hydrogen (secondary N) is 2. The number of hydrogen-bond acceptors (Lipinski definition) is 3. The lowest BCUT2D eigenvalue weighted by molar-refractivity contribution is -0.122. The molecule has 0 bridgehead atoms. The van der Waals surface area contributed by atoms with E-state index in [1.54, 1.807) is 53.4 Å². The van der Waals surface area contributed by atoms with E-state index in [-0.39, 0.29) is 30.2 Å². The fraction of sp³-hybridized carbons (Fsp3) is 0.348. The Morgan fingerprint density at radius 3 is 2.43 bits per heavy atom. The lowest BCUT2D eigenvalue weighted by Gasteiger charge is -2.18. The highest BCUT2D eigenvalue weighted by Gasteiger charge is 2.35. The molecule has 1 aliphatic carbocycles. The summed E-state index contributed by atoms with van der Waals surface area (Å²) < 4.78 is 0. The minimum atomic E-state index is -0.487. The molecule has 6 nitrogen and oxygen atoms in total. The molecule has 7 heteroatoms. The third-order valence-electron chi connectivity index (χ3n) is 5.75. The summed E-state index contributed by atoms with van der Waals surface area (Å²) >= 11 is 5.92. The van der Waals surface area contributed by atoms with Gasteiger partial charge in [0.25, 0.3) is 5.91 Å². The largest absolute Gasteiger partial charge is 0.349 e. The predicted octanol–water partition coefficient (Wildman–Crippen LogP) is 4.00. The van der Waals surface area contributed by atoms with E-state index in [2.05, 4.69) is 10.6 Å².